The summed E-state index contributed by atoms with van der Waals surface area (Å²) in [5.74, 6) is 1.08. The first kappa shape index (κ1) is 16.4. The van der Waals surface area contributed by atoms with Gasteiger partial charge in [0.15, 0.2) is 0 Å². The van der Waals surface area contributed by atoms with Crippen LogP contribution in [0.25, 0.3) is 0 Å². The molecule has 4 heteroatoms. The number of fused-ring (bicyclic) bond motifs is 5. The van der Waals surface area contributed by atoms with E-state index in [1.807, 2.05) is 6.08 Å². The van der Waals surface area contributed by atoms with Crippen molar-refractivity contribution in [2.45, 2.75) is 51.2 Å². The van der Waals surface area contributed by atoms with Gasteiger partial charge in [-0.3, -0.25) is 0 Å². The van der Waals surface area contributed by atoms with E-state index in [1.165, 1.54) is 0 Å². The average Bonchev–Trinajstić information content (AvgIpc) is 2.84. The van der Waals surface area contributed by atoms with Crippen molar-refractivity contribution in [3.05, 3.63) is 35.6 Å². The predicted molar refractivity (Wildman–Crippen MR) is 91.1 cm³/mol. The lowest BCUT2D eigenvalue weighted by molar-refractivity contribution is -0.132. The lowest BCUT2D eigenvalue weighted by Crippen LogP contribution is -2.55. The van der Waals surface area contributed by atoms with E-state index in [1.54, 1.807) is 6.08 Å². The molecule has 0 aromatic carbocycles. The third kappa shape index (κ3) is 1.80. The Morgan fingerprint density at radius 3 is 2.54 bits per heavy atom. The maximum Gasteiger partial charge on any atom is 0.129 e. The molecular formula is C20H28O4. The van der Waals surface area contributed by atoms with Crippen LogP contribution in [0.3, 0.4) is 0 Å². The van der Waals surface area contributed by atoms with Crippen LogP contribution < -0.4 is 0 Å². The van der Waals surface area contributed by atoms with Crippen molar-refractivity contribution in [3.63, 3.8) is 0 Å². The van der Waals surface area contributed by atoms with Crippen LogP contribution in [0, 0.1) is 28.6 Å². The Bertz CT molecular complexity index is 650. The fourth-order valence-electron chi connectivity index (χ4n) is 6.24. The zero-order valence-electron chi connectivity index (χ0n) is 14.4. The van der Waals surface area contributed by atoms with E-state index in [0.29, 0.717) is 24.2 Å². The Kier molecular flexibility index (Phi) is 3.39. The van der Waals surface area contributed by atoms with E-state index < -0.39 is 11.7 Å². The third-order valence-corrected chi connectivity index (χ3v) is 7.93. The summed E-state index contributed by atoms with van der Waals surface area (Å²) in [6.45, 7) is 4.12. The van der Waals surface area contributed by atoms with Crippen LogP contribution in [0.4, 0.5) is 0 Å². The van der Waals surface area contributed by atoms with E-state index in [4.69, 9.17) is 0 Å². The molecular weight excluding hydrogens is 304 g/mol. The van der Waals surface area contributed by atoms with Crippen LogP contribution in [0.1, 0.15) is 39.5 Å². The summed E-state index contributed by atoms with van der Waals surface area (Å²) in [6.07, 6.45) is 10.4. The molecule has 1 unspecified atom stereocenters. The Hall–Kier alpha value is -1.10. The first-order valence-electron chi connectivity index (χ1n) is 9.09. The summed E-state index contributed by atoms with van der Waals surface area (Å²) in [4.78, 5) is 0. The maximum atomic E-state index is 10.9. The van der Waals surface area contributed by atoms with E-state index in [2.05, 4.69) is 26.0 Å². The van der Waals surface area contributed by atoms with Gasteiger partial charge in [-0.15, -0.1) is 0 Å². The highest BCUT2D eigenvalue weighted by Crippen LogP contribution is 2.65. The summed E-state index contributed by atoms with van der Waals surface area (Å²) in [5.41, 5.74) is -0.680. The largest absolute Gasteiger partial charge is 0.509 e. The molecule has 0 radical (unpaired) electrons. The minimum Gasteiger partial charge on any atom is -0.509 e. The lowest BCUT2D eigenvalue weighted by atomic mass is 9.49. The van der Waals surface area contributed by atoms with Gasteiger partial charge in [-0.2, -0.15) is 0 Å². The van der Waals surface area contributed by atoms with E-state index in [0.717, 1.165) is 24.8 Å². The van der Waals surface area contributed by atoms with Crippen molar-refractivity contribution in [2.24, 2.45) is 28.6 Å². The van der Waals surface area contributed by atoms with Gasteiger partial charge in [0.1, 0.15) is 11.9 Å². The van der Waals surface area contributed by atoms with E-state index in [-0.39, 0.29) is 23.2 Å². The second-order valence-corrected chi connectivity index (χ2v) is 8.72. The van der Waals surface area contributed by atoms with Crippen LogP contribution in [0.5, 0.6) is 0 Å². The minimum absolute atomic E-state index is 0.0707. The van der Waals surface area contributed by atoms with Gasteiger partial charge in [-0.25, -0.2) is 0 Å². The van der Waals surface area contributed by atoms with Gasteiger partial charge < -0.3 is 20.4 Å². The molecule has 4 aliphatic rings. The quantitative estimate of drug-likeness (QED) is 0.556. The van der Waals surface area contributed by atoms with Gasteiger partial charge in [0.05, 0.1) is 12.2 Å². The maximum absolute atomic E-state index is 10.9. The molecule has 132 valence electrons. The van der Waals surface area contributed by atoms with Gasteiger partial charge in [-0.05, 0) is 43.4 Å². The topological polar surface area (TPSA) is 80.9 Å². The van der Waals surface area contributed by atoms with Crippen molar-refractivity contribution >= 4 is 0 Å². The minimum atomic E-state index is -0.978. The third-order valence-electron chi connectivity index (χ3n) is 7.93. The van der Waals surface area contributed by atoms with Crippen molar-refractivity contribution in [1.29, 1.82) is 0 Å². The highest BCUT2D eigenvalue weighted by atomic mass is 16.3. The zero-order chi connectivity index (χ0) is 17.3. The van der Waals surface area contributed by atoms with Crippen LogP contribution >= 0.6 is 0 Å². The second kappa shape index (κ2) is 4.96. The summed E-state index contributed by atoms with van der Waals surface area (Å²) in [6, 6.07) is 0. The Morgan fingerprint density at radius 1 is 1.12 bits per heavy atom. The van der Waals surface area contributed by atoms with Gasteiger partial charge in [0.2, 0.25) is 0 Å². The SMILES string of the molecule is C[C@]12C=CC(O)C(O)=C1C=C[C@@H]1[C@@H]2CC[C@@]2(C)[C@H]1CC[C@@]2(O)CO. The first-order chi connectivity index (χ1) is 11.3. The lowest BCUT2D eigenvalue weighted by Gasteiger charge is -2.56. The fraction of sp³-hybridized carbons (Fsp3) is 0.700. The molecule has 0 aromatic heterocycles. The van der Waals surface area contributed by atoms with Crippen LogP contribution in [0.2, 0.25) is 0 Å². The molecule has 0 bridgehead atoms. The van der Waals surface area contributed by atoms with E-state index in [9.17, 15) is 20.4 Å². The molecule has 2 fully saturated rings. The van der Waals surface area contributed by atoms with Gasteiger partial charge in [0, 0.05) is 16.4 Å². The van der Waals surface area contributed by atoms with Crippen molar-refractivity contribution in [2.75, 3.05) is 6.61 Å². The van der Waals surface area contributed by atoms with Gasteiger partial charge in [-0.1, -0.05) is 38.2 Å². The molecule has 4 rings (SSSR count). The number of hydrogen-bond acceptors (Lipinski definition) is 4. The standard InChI is InChI=1S/C20H28O4/c1-18-8-7-16(22)17(23)15(18)4-3-12-13(18)5-9-19(2)14(12)6-10-20(19,24)11-21/h3-4,7-8,12-14,16,21-24H,5-6,9-11H2,1-2H3/t12-,13+,14+,16?,18-,19+,20-/m1/s1. The number of aliphatic hydroxyl groups is 4. The number of hydrogen-bond donors (Lipinski definition) is 4. The molecule has 0 spiro atoms. The summed E-state index contributed by atoms with van der Waals surface area (Å²) in [7, 11) is 0. The normalized spacial score (nSPS) is 52.9. The molecule has 0 heterocycles. The van der Waals surface area contributed by atoms with Crippen LogP contribution in [0.15, 0.2) is 35.6 Å². The molecule has 0 aliphatic heterocycles. The summed E-state index contributed by atoms with van der Waals surface area (Å²) in [5, 5.41) is 41.0. The Morgan fingerprint density at radius 2 is 1.83 bits per heavy atom. The Balaban J connectivity index is 1.77. The highest BCUT2D eigenvalue weighted by Gasteiger charge is 2.63. The fourth-order valence-corrected chi connectivity index (χ4v) is 6.24. The monoisotopic (exact) mass is 332 g/mol. The van der Waals surface area contributed by atoms with Crippen molar-refractivity contribution in [1.82, 2.24) is 0 Å². The molecule has 0 saturated heterocycles. The molecule has 0 aromatic rings. The molecule has 4 N–H and O–H groups in total. The van der Waals surface area contributed by atoms with Crippen LogP contribution in [-0.2, 0) is 0 Å². The molecule has 4 aliphatic carbocycles. The van der Waals surface area contributed by atoms with Crippen molar-refractivity contribution < 1.29 is 20.4 Å². The number of allylic oxidation sites excluding steroid dienone is 4. The molecule has 24 heavy (non-hydrogen) atoms. The summed E-state index contributed by atoms with van der Waals surface area (Å²) < 4.78 is 0. The number of aliphatic hydroxyl groups excluding tert-OH is 3. The second-order valence-electron chi connectivity index (χ2n) is 8.72. The average molecular weight is 332 g/mol. The highest BCUT2D eigenvalue weighted by molar-refractivity contribution is 5.44. The first-order valence-corrected chi connectivity index (χ1v) is 9.09. The van der Waals surface area contributed by atoms with Crippen LogP contribution in [-0.4, -0.2) is 38.7 Å². The molecule has 2 saturated carbocycles. The predicted octanol–water partition coefficient (Wildman–Crippen LogP) is 2.47. The van der Waals surface area contributed by atoms with E-state index >= 15 is 0 Å². The van der Waals surface area contributed by atoms with Crippen molar-refractivity contribution in [3.8, 4) is 0 Å². The van der Waals surface area contributed by atoms with Gasteiger partial charge >= 0.3 is 0 Å². The Labute approximate surface area is 143 Å². The zero-order valence-corrected chi connectivity index (χ0v) is 14.4. The molecule has 0 amide bonds. The number of rotatable bonds is 1. The summed E-state index contributed by atoms with van der Waals surface area (Å²) >= 11 is 0. The smallest absolute Gasteiger partial charge is 0.129 e. The van der Waals surface area contributed by atoms with Gasteiger partial charge in [0.25, 0.3) is 0 Å². The molecule has 7 atom stereocenters. The molecule has 4 nitrogen and oxygen atoms in total.